The topological polar surface area (TPSA) is 30.5 Å². The summed E-state index contributed by atoms with van der Waals surface area (Å²) < 4.78 is 11.7. The first-order valence-electron chi connectivity index (χ1n) is 7.68. The van der Waals surface area contributed by atoms with Gasteiger partial charge in [0.15, 0.2) is 0 Å². The van der Waals surface area contributed by atoms with E-state index in [2.05, 4.69) is 24.4 Å². The molecule has 1 aliphatic heterocycles. The van der Waals surface area contributed by atoms with Gasteiger partial charge < -0.3 is 14.8 Å². The zero-order valence-corrected chi connectivity index (χ0v) is 12.7. The number of ether oxygens (including phenoxy) is 2. The Kier molecular flexibility index (Phi) is 3.63. The maximum Gasteiger partial charge on any atom is 0.125 e. The lowest BCUT2D eigenvalue weighted by Crippen LogP contribution is -2.43. The second kappa shape index (κ2) is 5.28. The first-order valence-corrected chi connectivity index (χ1v) is 7.68. The van der Waals surface area contributed by atoms with Gasteiger partial charge in [-0.1, -0.05) is 19.3 Å². The molecule has 1 aromatic rings. The van der Waals surface area contributed by atoms with E-state index in [1.165, 1.54) is 31.2 Å². The highest BCUT2D eigenvalue weighted by atomic mass is 16.5. The molecule has 1 aromatic carbocycles. The van der Waals surface area contributed by atoms with Crippen molar-refractivity contribution in [3.63, 3.8) is 0 Å². The van der Waals surface area contributed by atoms with Crippen molar-refractivity contribution < 1.29 is 9.47 Å². The molecule has 0 spiro atoms. The SMILES string of the molecule is CNC1CC(C)(CC2CCC2)Oc2ccc(OC)cc21. The van der Waals surface area contributed by atoms with Crippen LogP contribution in [0, 0.1) is 5.92 Å². The van der Waals surface area contributed by atoms with E-state index < -0.39 is 0 Å². The Morgan fingerprint density at radius 1 is 1.40 bits per heavy atom. The number of methoxy groups -OCH3 is 1. The molecule has 0 bridgehead atoms. The van der Waals surface area contributed by atoms with Gasteiger partial charge in [0, 0.05) is 18.0 Å². The zero-order valence-electron chi connectivity index (χ0n) is 12.7. The summed E-state index contributed by atoms with van der Waals surface area (Å²) in [5, 5.41) is 3.44. The summed E-state index contributed by atoms with van der Waals surface area (Å²) in [6, 6.07) is 6.48. The van der Waals surface area contributed by atoms with Gasteiger partial charge >= 0.3 is 0 Å². The Labute approximate surface area is 121 Å². The van der Waals surface area contributed by atoms with Gasteiger partial charge in [-0.2, -0.15) is 0 Å². The minimum atomic E-state index is -0.0413. The molecule has 20 heavy (non-hydrogen) atoms. The van der Waals surface area contributed by atoms with E-state index in [1.807, 2.05) is 13.1 Å². The summed E-state index contributed by atoms with van der Waals surface area (Å²) in [4.78, 5) is 0. The molecule has 3 heteroatoms. The molecule has 0 radical (unpaired) electrons. The van der Waals surface area contributed by atoms with Gasteiger partial charge in [0.2, 0.25) is 0 Å². The molecule has 0 aromatic heterocycles. The fourth-order valence-corrected chi connectivity index (χ4v) is 3.56. The summed E-state index contributed by atoms with van der Waals surface area (Å²) >= 11 is 0. The van der Waals surface area contributed by atoms with Crippen LogP contribution in [0.5, 0.6) is 11.5 Å². The van der Waals surface area contributed by atoms with Gasteiger partial charge in [-0.3, -0.25) is 0 Å². The molecule has 0 saturated heterocycles. The number of benzene rings is 1. The average Bonchev–Trinajstić information content (AvgIpc) is 2.42. The molecule has 1 N–H and O–H groups in total. The van der Waals surface area contributed by atoms with E-state index in [0.717, 1.165) is 23.8 Å². The van der Waals surface area contributed by atoms with Crippen molar-refractivity contribution in [2.24, 2.45) is 5.92 Å². The van der Waals surface area contributed by atoms with E-state index in [0.29, 0.717) is 6.04 Å². The molecular weight excluding hydrogens is 250 g/mol. The normalized spacial score (nSPS) is 29.2. The molecular formula is C17H25NO2. The van der Waals surface area contributed by atoms with Crippen molar-refractivity contribution in [3.8, 4) is 11.5 Å². The third-order valence-corrected chi connectivity index (χ3v) is 4.88. The Morgan fingerprint density at radius 2 is 2.20 bits per heavy atom. The Hall–Kier alpha value is -1.22. The number of fused-ring (bicyclic) bond motifs is 1. The number of hydrogen-bond donors (Lipinski definition) is 1. The molecule has 3 rings (SSSR count). The number of hydrogen-bond acceptors (Lipinski definition) is 3. The second-order valence-corrected chi connectivity index (χ2v) is 6.50. The Balaban J connectivity index is 1.85. The van der Waals surface area contributed by atoms with Gasteiger partial charge in [0.1, 0.15) is 17.1 Å². The smallest absolute Gasteiger partial charge is 0.125 e. The molecule has 2 unspecified atom stereocenters. The average molecular weight is 275 g/mol. The Bertz CT molecular complexity index is 484. The van der Waals surface area contributed by atoms with Crippen LogP contribution in [0.25, 0.3) is 0 Å². The summed E-state index contributed by atoms with van der Waals surface area (Å²) in [6.45, 7) is 2.27. The van der Waals surface area contributed by atoms with Crippen LogP contribution < -0.4 is 14.8 Å². The van der Waals surface area contributed by atoms with Crippen LogP contribution in [0.1, 0.15) is 50.6 Å². The van der Waals surface area contributed by atoms with Gasteiger partial charge in [-0.15, -0.1) is 0 Å². The molecule has 1 fully saturated rings. The van der Waals surface area contributed by atoms with Crippen molar-refractivity contribution in [2.75, 3.05) is 14.2 Å². The van der Waals surface area contributed by atoms with Gasteiger partial charge in [0.25, 0.3) is 0 Å². The predicted molar refractivity (Wildman–Crippen MR) is 80.4 cm³/mol. The van der Waals surface area contributed by atoms with E-state index in [1.54, 1.807) is 7.11 Å². The van der Waals surface area contributed by atoms with Gasteiger partial charge in [0.05, 0.1) is 7.11 Å². The number of rotatable bonds is 4. The van der Waals surface area contributed by atoms with Crippen LogP contribution in [-0.4, -0.2) is 19.8 Å². The highest BCUT2D eigenvalue weighted by molar-refractivity contribution is 5.44. The standard InChI is InChI=1S/C17H25NO2/c1-17(10-12-5-4-6-12)11-15(18-2)14-9-13(19-3)7-8-16(14)20-17/h7-9,12,15,18H,4-6,10-11H2,1-3H3. The van der Waals surface area contributed by atoms with E-state index in [4.69, 9.17) is 9.47 Å². The van der Waals surface area contributed by atoms with Crippen molar-refractivity contribution in [1.82, 2.24) is 5.32 Å². The van der Waals surface area contributed by atoms with Crippen LogP contribution in [0.2, 0.25) is 0 Å². The van der Waals surface area contributed by atoms with Gasteiger partial charge in [-0.05, 0) is 44.5 Å². The van der Waals surface area contributed by atoms with Crippen LogP contribution in [0.4, 0.5) is 0 Å². The minimum Gasteiger partial charge on any atom is -0.497 e. The largest absolute Gasteiger partial charge is 0.497 e. The van der Waals surface area contributed by atoms with Crippen molar-refractivity contribution in [1.29, 1.82) is 0 Å². The highest BCUT2D eigenvalue weighted by Crippen LogP contribution is 2.45. The van der Waals surface area contributed by atoms with Crippen LogP contribution in [0.3, 0.4) is 0 Å². The number of nitrogens with one attached hydrogen (secondary N) is 1. The van der Waals surface area contributed by atoms with Gasteiger partial charge in [-0.25, -0.2) is 0 Å². The minimum absolute atomic E-state index is 0.0413. The van der Waals surface area contributed by atoms with E-state index in [9.17, 15) is 0 Å². The lowest BCUT2D eigenvalue weighted by atomic mass is 9.74. The summed E-state index contributed by atoms with van der Waals surface area (Å²) in [5.41, 5.74) is 1.18. The van der Waals surface area contributed by atoms with Crippen molar-refractivity contribution in [2.45, 2.75) is 50.7 Å². The predicted octanol–water partition coefficient (Wildman–Crippen LogP) is 3.69. The quantitative estimate of drug-likeness (QED) is 0.909. The molecule has 1 aliphatic carbocycles. The molecule has 110 valence electrons. The highest BCUT2D eigenvalue weighted by Gasteiger charge is 2.39. The monoisotopic (exact) mass is 275 g/mol. The fourth-order valence-electron chi connectivity index (χ4n) is 3.56. The third kappa shape index (κ3) is 2.51. The Morgan fingerprint density at radius 3 is 2.80 bits per heavy atom. The first kappa shape index (κ1) is 13.7. The molecule has 1 heterocycles. The van der Waals surface area contributed by atoms with Crippen molar-refractivity contribution in [3.05, 3.63) is 23.8 Å². The van der Waals surface area contributed by atoms with Crippen LogP contribution >= 0.6 is 0 Å². The fraction of sp³-hybridized carbons (Fsp3) is 0.647. The second-order valence-electron chi connectivity index (χ2n) is 6.50. The maximum absolute atomic E-state index is 6.36. The zero-order chi connectivity index (χ0) is 14.2. The molecule has 2 aliphatic rings. The van der Waals surface area contributed by atoms with Crippen molar-refractivity contribution >= 4 is 0 Å². The maximum atomic E-state index is 6.36. The summed E-state index contributed by atoms with van der Waals surface area (Å²) in [6.07, 6.45) is 6.35. The van der Waals surface area contributed by atoms with Crippen LogP contribution in [0.15, 0.2) is 18.2 Å². The summed E-state index contributed by atoms with van der Waals surface area (Å²) in [7, 11) is 3.74. The first-order chi connectivity index (χ1) is 9.63. The molecule has 1 saturated carbocycles. The molecule has 0 amide bonds. The molecule has 2 atom stereocenters. The lowest BCUT2D eigenvalue weighted by molar-refractivity contribution is 0.0133. The summed E-state index contributed by atoms with van der Waals surface area (Å²) in [5.74, 6) is 2.77. The molecule has 3 nitrogen and oxygen atoms in total. The van der Waals surface area contributed by atoms with E-state index >= 15 is 0 Å². The third-order valence-electron chi connectivity index (χ3n) is 4.88. The van der Waals surface area contributed by atoms with E-state index in [-0.39, 0.29) is 5.60 Å². The lowest BCUT2D eigenvalue weighted by Gasteiger charge is -2.43. The van der Waals surface area contributed by atoms with Crippen LogP contribution in [-0.2, 0) is 0 Å².